The molecule has 0 aliphatic heterocycles. The first-order valence-electron chi connectivity index (χ1n) is 4.49. The topological polar surface area (TPSA) is 86.6 Å². The molecular formula is C9H9Br2NO4S. The first kappa shape index (κ1) is 14.6. The van der Waals surface area contributed by atoms with Crippen molar-refractivity contribution >= 4 is 55.1 Å². The monoisotopic (exact) mass is 385 g/mol. The van der Waals surface area contributed by atoms with Crippen molar-refractivity contribution in [3.05, 3.63) is 19.2 Å². The molecule has 0 aliphatic carbocycles. The highest BCUT2D eigenvalue weighted by molar-refractivity contribution is 9.12. The predicted octanol–water partition coefficient (Wildman–Crippen LogP) is 1.84. The van der Waals surface area contributed by atoms with Crippen molar-refractivity contribution in [3.8, 4) is 0 Å². The lowest BCUT2D eigenvalue weighted by atomic mass is 10.1. The highest BCUT2D eigenvalue weighted by Crippen LogP contribution is 2.31. The zero-order valence-electron chi connectivity index (χ0n) is 8.61. The molecule has 0 saturated heterocycles. The standard InChI is InChI=1S/C9H9Br2NO4S/c1-3(13)6(9(15)16)12-8(14)4-2-5(10)17-7(4)11/h2-3,6,13H,1H3,(H,12,14)(H,15,16). The number of aliphatic hydroxyl groups excluding tert-OH is 1. The minimum atomic E-state index is -1.33. The van der Waals surface area contributed by atoms with Gasteiger partial charge in [-0.15, -0.1) is 11.3 Å². The lowest BCUT2D eigenvalue weighted by Crippen LogP contribution is -2.47. The van der Waals surface area contributed by atoms with Gasteiger partial charge in [0.15, 0.2) is 6.04 Å². The third-order valence-corrected chi connectivity index (χ3v) is 4.28. The minimum Gasteiger partial charge on any atom is -0.480 e. The molecule has 17 heavy (non-hydrogen) atoms. The maximum Gasteiger partial charge on any atom is 0.328 e. The van der Waals surface area contributed by atoms with Crippen LogP contribution in [-0.2, 0) is 4.79 Å². The van der Waals surface area contributed by atoms with Crippen LogP contribution in [0, 0.1) is 0 Å². The van der Waals surface area contributed by atoms with Crippen LogP contribution in [0.1, 0.15) is 17.3 Å². The van der Waals surface area contributed by atoms with E-state index < -0.39 is 24.0 Å². The van der Waals surface area contributed by atoms with Crippen LogP contribution in [0.25, 0.3) is 0 Å². The molecule has 0 radical (unpaired) electrons. The van der Waals surface area contributed by atoms with Gasteiger partial charge in [-0.1, -0.05) is 0 Å². The molecule has 1 amide bonds. The van der Waals surface area contributed by atoms with E-state index in [-0.39, 0.29) is 0 Å². The van der Waals surface area contributed by atoms with Crippen molar-refractivity contribution in [1.29, 1.82) is 0 Å². The first-order valence-corrected chi connectivity index (χ1v) is 6.89. The van der Waals surface area contributed by atoms with E-state index in [1.807, 2.05) is 0 Å². The van der Waals surface area contributed by atoms with Crippen molar-refractivity contribution in [2.75, 3.05) is 0 Å². The second-order valence-electron chi connectivity index (χ2n) is 3.27. The third kappa shape index (κ3) is 3.77. The number of hydrogen-bond donors (Lipinski definition) is 3. The number of carbonyl (C=O) groups excluding carboxylic acids is 1. The molecule has 0 aromatic carbocycles. The van der Waals surface area contributed by atoms with E-state index in [1.165, 1.54) is 18.3 Å². The molecule has 0 fully saturated rings. The van der Waals surface area contributed by atoms with E-state index in [0.717, 1.165) is 3.79 Å². The zero-order valence-corrected chi connectivity index (χ0v) is 12.6. The number of halogens is 2. The highest BCUT2D eigenvalue weighted by Gasteiger charge is 2.26. The summed E-state index contributed by atoms with van der Waals surface area (Å²) in [5.74, 6) is -1.83. The van der Waals surface area contributed by atoms with Crippen LogP contribution < -0.4 is 5.32 Å². The van der Waals surface area contributed by atoms with Gasteiger partial charge in [-0.2, -0.15) is 0 Å². The first-order chi connectivity index (χ1) is 7.82. The highest BCUT2D eigenvalue weighted by atomic mass is 79.9. The molecular weight excluding hydrogens is 378 g/mol. The van der Waals surface area contributed by atoms with Crippen LogP contribution in [-0.4, -0.2) is 34.2 Å². The second-order valence-corrected chi connectivity index (χ2v) is 7.02. The number of aliphatic carboxylic acids is 1. The molecule has 1 rings (SSSR count). The number of rotatable bonds is 4. The molecule has 0 saturated carbocycles. The van der Waals surface area contributed by atoms with Gasteiger partial charge in [0.05, 0.1) is 19.2 Å². The Hall–Kier alpha value is -0.440. The number of amides is 1. The summed E-state index contributed by atoms with van der Waals surface area (Å²) in [7, 11) is 0. The van der Waals surface area contributed by atoms with Crippen molar-refractivity contribution in [1.82, 2.24) is 5.32 Å². The van der Waals surface area contributed by atoms with E-state index >= 15 is 0 Å². The van der Waals surface area contributed by atoms with E-state index in [2.05, 4.69) is 37.2 Å². The van der Waals surface area contributed by atoms with Gasteiger partial charge >= 0.3 is 5.97 Å². The maximum absolute atomic E-state index is 11.8. The lowest BCUT2D eigenvalue weighted by Gasteiger charge is -2.16. The summed E-state index contributed by atoms with van der Waals surface area (Å²) in [4.78, 5) is 22.6. The molecule has 8 heteroatoms. The number of carboxylic acids is 1. The van der Waals surface area contributed by atoms with Gasteiger partial charge in [0, 0.05) is 0 Å². The average molecular weight is 387 g/mol. The Morgan fingerprint density at radius 3 is 2.41 bits per heavy atom. The summed E-state index contributed by atoms with van der Waals surface area (Å²) in [6.45, 7) is 1.30. The number of carbonyl (C=O) groups is 2. The van der Waals surface area contributed by atoms with Crippen LogP contribution >= 0.6 is 43.2 Å². The van der Waals surface area contributed by atoms with Gasteiger partial charge in [-0.25, -0.2) is 4.79 Å². The minimum absolute atomic E-state index is 0.328. The number of hydrogen-bond acceptors (Lipinski definition) is 4. The summed E-state index contributed by atoms with van der Waals surface area (Å²) in [5, 5.41) is 20.3. The maximum atomic E-state index is 11.8. The van der Waals surface area contributed by atoms with Gasteiger partial charge in [0.2, 0.25) is 0 Å². The molecule has 0 spiro atoms. The molecule has 1 aromatic heterocycles. The van der Waals surface area contributed by atoms with E-state index in [9.17, 15) is 14.7 Å². The Balaban J connectivity index is 2.85. The number of aliphatic hydroxyl groups is 1. The normalized spacial score (nSPS) is 14.1. The molecule has 94 valence electrons. The van der Waals surface area contributed by atoms with Gasteiger partial charge in [0.25, 0.3) is 5.91 Å². The van der Waals surface area contributed by atoms with Gasteiger partial charge in [-0.05, 0) is 44.8 Å². The van der Waals surface area contributed by atoms with Crippen LogP contribution in [0.2, 0.25) is 0 Å². The Bertz CT molecular complexity index is 446. The Labute approximate surface area is 118 Å². The molecule has 2 atom stereocenters. The fraction of sp³-hybridized carbons (Fsp3) is 0.333. The summed E-state index contributed by atoms with van der Waals surface area (Å²) in [6.07, 6.45) is -1.17. The van der Waals surface area contributed by atoms with Crippen molar-refractivity contribution in [3.63, 3.8) is 0 Å². The van der Waals surface area contributed by atoms with Crippen LogP contribution in [0.15, 0.2) is 13.6 Å². The molecule has 2 unspecified atom stereocenters. The van der Waals surface area contributed by atoms with Gasteiger partial charge in [-0.3, -0.25) is 4.79 Å². The smallest absolute Gasteiger partial charge is 0.328 e. The second kappa shape index (κ2) is 5.94. The lowest BCUT2D eigenvalue weighted by molar-refractivity contribution is -0.141. The van der Waals surface area contributed by atoms with Gasteiger partial charge < -0.3 is 15.5 Å². The summed E-state index contributed by atoms with van der Waals surface area (Å²) >= 11 is 7.72. The van der Waals surface area contributed by atoms with Crippen molar-refractivity contribution in [2.45, 2.75) is 19.1 Å². The molecule has 3 N–H and O–H groups in total. The Kier molecular flexibility index (Phi) is 5.11. The van der Waals surface area contributed by atoms with E-state index in [1.54, 1.807) is 6.07 Å². The third-order valence-electron chi connectivity index (χ3n) is 1.94. The van der Waals surface area contributed by atoms with Crippen molar-refractivity contribution < 1.29 is 19.8 Å². The fourth-order valence-electron chi connectivity index (χ4n) is 1.10. The fourth-order valence-corrected chi connectivity index (χ4v) is 3.90. The van der Waals surface area contributed by atoms with Crippen LogP contribution in [0.4, 0.5) is 0 Å². The Morgan fingerprint density at radius 2 is 2.06 bits per heavy atom. The predicted molar refractivity (Wildman–Crippen MR) is 70.3 cm³/mol. The number of thiophene rings is 1. The van der Waals surface area contributed by atoms with E-state index in [0.29, 0.717) is 9.35 Å². The quantitative estimate of drug-likeness (QED) is 0.736. The van der Waals surface area contributed by atoms with Crippen LogP contribution in [0.3, 0.4) is 0 Å². The largest absolute Gasteiger partial charge is 0.480 e. The van der Waals surface area contributed by atoms with E-state index in [4.69, 9.17) is 5.11 Å². The van der Waals surface area contributed by atoms with Gasteiger partial charge in [0.1, 0.15) is 0 Å². The molecule has 1 heterocycles. The average Bonchev–Trinajstić information content (AvgIpc) is 2.53. The Morgan fingerprint density at radius 1 is 1.47 bits per heavy atom. The summed E-state index contributed by atoms with van der Waals surface area (Å²) in [5.41, 5.74) is 0.328. The molecule has 5 nitrogen and oxygen atoms in total. The van der Waals surface area contributed by atoms with Crippen LogP contribution in [0.5, 0.6) is 0 Å². The number of nitrogens with one attached hydrogen (secondary N) is 1. The number of carboxylic acid groups (broad SMARTS) is 1. The molecule has 0 bridgehead atoms. The molecule has 1 aromatic rings. The molecule has 0 aliphatic rings. The SMILES string of the molecule is CC(O)C(NC(=O)c1cc(Br)sc1Br)C(=O)O. The summed E-state index contributed by atoms with van der Waals surface area (Å²) < 4.78 is 1.34. The summed E-state index contributed by atoms with van der Waals surface area (Å²) in [6, 6.07) is 0.249. The zero-order chi connectivity index (χ0) is 13.2. The van der Waals surface area contributed by atoms with Crippen molar-refractivity contribution in [2.24, 2.45) is 0 Å².